The van der Waals surface area contributed by atoms with E-state index < -0.39 is 0 Å². The molecule has 1 aromatic carbocycles. The van der Waals surface area contributed by atoms with Gasteiger partial charge in [-0.25, -0.2) is 0 Å². The second kappa shape index (κ2) is 20.0. The smallest absolute Gasteiger partial charge is 0.220 e. The molecule has 0 aliphatic carbocycles. The number of carbonyl (C=O) groups is 1. The van der Waals surface area contributed by atoms with Gasteiger partial charge in [0.25, 0.3) is 0 Å². The Morgan fingerprint density at radius 2 is 1.43 bits per heavy atom. The van der Waals surface area contributed by atoms with Crippen molar-refractivity contribution in [1.82, 2.24) is 25.4 Å². The molecule has 2 rings (SSSR count). The van der Waals surface area contributed by atoms with Crippen LogP contribution in [0.1, 0.15) is 65.4 Å². The van der Waals surface area contributed by atoms with E-state index in [-0.39, 0.29) is 23.9 Å². The first-order valence-corrected chi connectivity index (χ1v) is 17.5. The lowest BCUT2D eigenvalue weighted by Crippen LogP contribution is -2.42. The molecule has 2 aromatic rings. The zero-order valence-corrected chi connectivity index (χ0v) is 31.0. The second-order valence-electron chi connectivity index (χ2n) is 13.8. The van der Waals surface area contributed by atoms with Gasteiger partial charge < -0.3 is 36.5 Å². The van der Waals surface area contributed by atoms with Crippen molar-refractivity contribution < 1.29 is 4.79 Å². The fourth-order valence-corrected chi connectivity index (χ4v) is 5.92. The summed E-state index contributed by atoms with van der Waals surface area (Å²) in [6.45, 7) is 39.2. The van der Waals surface area contributed by atoms with Crippen LogP contribution in [0.5, 0.6) is 0 Å². The molecule has 6 N–H and O–H groups in total. The zero-order chi connectivity index (χ0) is 36.7. The minimum Gasteiger partial charge on any atom is -0.401 e. The van der Waals surface area contributed by atoms with E-state index in [4.69, 9.17) is 5.73 Å². The van der Waals surface area contributed by atoms with Gasteiger partial charge in [-0.15, -0.1) is 0 Å². The number of nitrogens with one attached hydrogen (secondary N) is 4. The van der Waals surface area contributed by atoms with Gasteiger partial charge in [0, 0.05) is 64.9 Å². The highest BCUT2D eigenvalue weighted by Crippen LogP contribution is 2.21. The van der Waals surface area contributed by atoms with Crippen molar-refractivity contribution in [3.63, 3.8) is 0 Å². The standard InChI is InChI=1S/C41H63N7O/c1-28(2)40(46-31(6)27-44-39(49)16-14-13-15-25-48-33(8)17-18-34(48)9)36(11)43-26-30(5)45-38-23-21-37(22-24-38)20-19-32(7)47(12)41(29(3)4)35(10)42/h17-18,21-24,28-29,40-41,43,45-46H,5-11,13-16,19-20,25-27,42H2,1-4,12H3,(H,44,49). The SMILES string of the molecule is C=C(CNC(=C)C(NC(=C)CNC(=O)CCCCCn1c(=C)ccc1=C)C(C)C)Nc1ccc(CCC(=C)N(C)C(C(=C)N)C(C)C)cc1. The van der Waals surface area contributed by atoms with Gasteiger partial charge in [-0.2, -0.15) is 0 Å². The first-order chi connectivity index (χ1) is 23.1. The topological polar surface area (TPSA) is 99.4 Å². The highest BCUT2D eigenvalue weighted by Gasteiger charge is 2.21. The molecule has 268 valence electrons. The number of aryl methyl sites for hydroxylation is 1. The number of benzene rings is 1. The molecule has 0 saturated carbocycles. The van der Waals surface area contributed by atoms with Crippen LogP contribution >= 0.6 is 0 Å². The average molecular weight is 670 g/mol. The number of unbranched alkanes of at least 4 members (excludes halogenated alkanes) is 2. The summed E-state index contributed by atoms with van der Waals surface area (Å²) in [5.74, 6) is 0.633. The van der Waals surface area contributed by atoms with Crippen molar-refractivity contribution in [2.75, 3.05) is 25.5 Å². The van der Waals surface area contributed by atoms with E-state index in [1.54, 1.807) is 0 Å². The maximum absolute atomic E-state index is 12.4. The molecule has 2 unspecified atom stereocenters. The van der Waals surface area contributed by atoms with Crippen LogP contribution in [0.4, 0.5) is 5.69 Å². The summed E-state index contributed by atoms with van der Waals surface area (Å²) in [5, 5.41) is 15.2. The van der Waals surface area contributed by atoms with Crippen molar-refractivity contribution in [1.29, 1.82) is 0 Å². The first kappa shape index (κ1) is 40.6. The van der Waals surface area contributed by atoms with Gasteiger partial charge in [-0.05, 0) is 67.3 Å². The number of carbonyl (C=O) groups excluding carboxylic acids is 1. The fraction of sp³-hybridized carbons (Fsp3) is 0.439. The predicted molar refractivity (Wildman–Crippen MR) is 211 cm³/mol. The molecule has 8 nitrogen and oxygen atoms in total. The van der Waals surface area contributed by atoms with Crippen LogP contribution in [0.3, 0.4) is 0 Å². The molecule has 0 bridgehead atoms. The predicted octanol–water partition coefficient (Wildman–Crippen LogP) is 5.72. The maximum atomic E-state index is 12.4. The largest absolute Gasteiger partial charge is 0.401 e. The molecule has 0 aliphatic heterocycles. The minimum atomic E-state index is -0.0615. The molecule has 49 heavy (non-hydrogen) atoms. The second-order valence-corrected chi connectivity index (χ2v) is 13.8. The van der Waals surface area contributed by atoms with Gasteiger partial charge in [0.05, 0.1) is 25.2 Å². The van der Waals surface area contributed by atoms with E-state index in [1.807, 2.05) is 19.2 Å². The molecule has 8 heteroatoms. The van der Waals surface area contributed by atoms with Gasteiger partial charge in [-0.1, -0.05) is 92.3 Å². The Bertz CT molecular complexity index is 1500. The third kappa shape index (κ3) is 13.8. The number of aromatic nitrogens is 1. The fourth-order valence-electron chi connectivity index (χ4n) is 5.92. The molecule has 1 amide bonds. The van der Waals surface area contributed by atoms with Gasteiger partial charge in [0.2, 0.25) is 5.91 Å². The summed E-state index contributed by atoms with van der Waals surface area (Å²) in [7, 11) is 2.04. The molecular formula is C41H63N7O. The number of nitrogens with zero attached hydrogens (tertiary/aromatic N) is 2. The van der Waals surface area contributed by atoms with Gasteiger partial charge in [-0.3, -0.25) is 4.79 Å². The number of rotatable bonds is 24. The number of allylic oxidation sites excluding steroid dienone is 1. The quantitative estimate of drug-likeness (QED) is 0.0919. The summed E-state index contributed by atoms with van der Waals surface area (Å²) < 4.78 is 2.11. The lowest BCUT2D eigenvalue weighted by atomic mass is 9.99. The van der Waals surface area contributed by atoms with Gasteiger partial charge in [0.15, 0.2) is 0 Å². The average Bonchev–Trinajstić information content (AvgIpc) is 3.36. The van der Waals surface area contributed by atoms with Crippen LogP contribution in [0.2, 0.25) is 0 Å². The van der Waals surface area contributed by atoms with Gasteiger partial charge >= 0.3 is 0 Å². The van der Waals surface area contributed by atoms with E-state index >= 15 is 0 Å². The van der Waals surface area contributed by atoms with Crippen molar-refractivity contribution in [2.24, 2.45) is 17.6 Å². The van der Waals surface area contributed by atoms with Crippen molar-refractivity contribution in [3.05, 3.63) is 114 Å². The number of hydrogen-bond donors (Lipinski definition) is 5. The Morgan fingerprint density at radius 1 is 0.816 bits per heavy atom. The van der Waals surface area contributed by atoms with E-state index in [2.05, 4.69) is 129 Å². The van der Waals surface area contributed by atoms with E-state index in [1.165, 1.54) is 5.56 Å². The molecular weight excluding hydrogens is 606 g/mol. The molecule has 1 aromatic heterocycles. The summed E-state index contributed by atoms with van der Waals surface area (Å²) in [6, 6.07) is 12.4. The molecule has 0 radical (unpaired) electrons. The van der Waals surface area contributed by atoms with Crippen LogP contribution in [0.25, 0.3) is 13.2 Å². The Balaban J connectivity index is 1.71. The van der Waals surface area contributed by atoms with Crippen LogP contribution in [0, 0.1) is 11.8 Å². The van der Waals surface area contributed by atoms with Crippen molar-refractivity contribution >= 4 is 24.8 Å². The van der Waals surface area contributed by atoms with E-state index in [0.29, 0.717) is 31.1 Å². The van der Waals surface area contributed by atoms with Crippen molar-refractivity contribution in [3.8, 4) is 0 Å². The van der Waals surface area contributed by atoms with E-state index in [9.17, 15) is 4.79 Å². The molecule has 1 heterocycles. The summed E-state index contributed by atoms with van der Waals surface area (Å²) in [6.07, 6.45) is 5.01. The molecule has 0 aliphatic rings. The maximum Gasteiger partial charge on any atom is 0.220 e. The third-order valence-corrected chi connectivity index (χ3v) is 8.78. The molecule has 0 fully saturated rings. The zero-order valence-electron chi connectivity index (χ0n) is 31.0. The van der Waals surface area contributed by atoms with Crippen LogP contribution in [-0.2, 0) is 17.8 Å². The number of likely N-dealkylation sites (N-methyl/N-ethyl adjacent to an activating group) is 1. The third-order valence-electron chi connectivity index (χ3n) is 8.78. The lowest BCUT2D eigenvalue weighted by Gasteiger charge is -2.34. The Labute approximate surface area is 296 Å². The summed E-state index contributed by atoms with van der Waals surface area (Å²) in [5.41, 5.74) is 12.4. The minimum absolute atomic E-state index is 0.0278. The Hall–Kier alpha value is -4.59. The highest BCUT2D eigenvalue weighted by atomic mass is 16.1. The van der Waals surface area contributed by atoms with Gasteiger partial charge in [0.1, 0.15) is 0 Å². The van der Waals surface area contributed by atoms with E-state index in [0.717, 1.165) is 77.8 Å². The van der Waals surface area contributed by atoms with Crippen LogP contribution < -0.4 is 37.7 Å². The van der Waals surface area contributed by atoms with Crippen LogP contribution in [0.15, 0.2) is 97.8 Å². The summed E-state index contributed by atoms with van der Waals surface area (Å²) >= 11 is 0. The molecule has 0 spiro atoms. The lowest BCUT2D eigenvalue weighted by molar-refractivity contribution is -0.121. The number of nitrogens with two attached hydrogens (primary N) is 1. The number of anilines is 1. The summed E-state index contributed by atoms with van der Waals surface area (Å²) in [4.78, 5) is 14.6. The first-order valence-electron chi connectivity index (χ1n) is 17.5. The van der Waals surface area contributed by atoms with Crippen LogP contribution in [-0.4, -0.2) is 47.6 Å². The Morgan fingerprint density at radius 3 is 2.00 bits per heavy atom. The monoisotopic (exact) mass is 670 g/mol. The molecule has 2 atom stereocenters. The normalized spacial score (nSPS) is 12.2. The van der Waals surface area contributed by atoms with Crippen molar-refractivity contribution in [2.45, 2.75) is 84.8 Å². The highest BCUT2D eigenvalue weighted by molar-refractivity contribution is 5.76. The molecule has 0 saturated heterocycles. The number of hydrogen-bond acceptors (Lipinski definition) is 6. The number of amides is 1. The Kier molecular flexibility index (Phi) is 16.6.